The molecule has 6 nitrogen and oxygen atoms in total. The summed E-state index contributed by atoms with van der Waals surface area (Å²) in [6, 6.07) is 9.82. The highest BCUT2D eigenvalue weighted by Gasteiger charge is 2.17. The summed E-state index contributed by atoms with van der Waals surface area (Å²) in [4.78, 5) is 8.63. The summed E-state index contributed by atoms with van der Waals surface area (Å²) in [5, 5.41) is 0. The molecule has 2 aliphatic rings. The van der Waals surface area contributed by atoms with Crippen molar-refractivity contribution in [1.29, 1.82) is 0 Å². The fourth-order valence-corrected chi connectivity index (χ4v) is 2.73. The summed E-state index contributed by atoms with van der Waals surface area (Å²) < 4.78 is 22.5. The van der Waals surface area contributed by atoms with E-state index in [2.05, 4.69) is 21.8 Å². The predicted octanol–water partition coefficient (Wildman–Crippen LogP) is 2.92. The summed E-state index contributed by atoms with van der Waals surface area (Å²) in [6.07, 6.45) is 2.41. The van der Waals surface area contributed by atoms with Crippen LogP contribution in [-0.2, 0) is 16.1 Å². The molecule has 0 spiro atoms. The molecule has 1 aliphatic heterocycles. The lowest BCUT2D eigenvalue weighted by Crippen LogP contribution is -2.33. The molecule has 0 N–H and O–H groups in total. The number of ether oxygens (including phenoxy) is 4. The zero-order valence-corrected chi connectivity index (χ0v) is 16.0. The predicted molar refractivity (Wildman–Crippen MR) is 103 cm³/mol. The molecule has 1 saturated heterocycles. The molecule has 28 heavy (non-hydrogen) atoms. The zero-order valence-electron chi connectivity index (χ0n) is 16.0. The van der Waals surface area contributed by atoms with E-state index in [0.29, 0.717) is 56.5 Å². The van der Waals surface area contributed by atoms with E-state index in [1.165, 1.54) is 12.8 Å². The van der Waals surface area contributed by atoms with Gasteiger partial charge in [0.1, 0.15) is 25.1 Å². The van der Waals surface area contributed by atoms with E-state index in [1.54, 1.807) is 6.07 Å². The Hall–Kier alpha value is -2.62. The third kappa shape index (κ3) is 5.69. The first-order valence-electron chi connectivity index (χ1n) is 9.66. The first-order chi connectivity index (χ1) is 13.7. The van der Waals surface area contributed by atoms with Crippen LogP contribution in [0.2, 0.25) is 0 Å². The fraction of sp³-hybridized carbons (Fsp3) is 0.455. The molecule has 1 aromatic heterocycles. The Bertz CT molecular complexity index is 847. The Balaban J connectivity index is 1.31. The van der Waals surface area contributed by atoms with E-state index >= 15 is 0 Å². The molecule has 2 heterocycles. The van der Waals surface area contributed by atoms with Gasteiger partial charge in [-0.05, 0) is 37.5 Å². The van der Waals surface area contributed by atoms with Crippen LogP contribution >= 0.6 is 0 Å². The van der Waals surface area contributed by atoms with Gasteiger partial charge in [0.15, 0.2) is 0 Å². The second kappa shape index (κ2) is 9.05. The van der Waals surface area contributed by atoms with Crippen molar-refractivity contribution in [2.75, 3.05) is 26.4 Å². The summed E-state index contributed by atoms with van der Waals surface area (Å²) >= 11 is 0. The minimum Gasteiger partial charge on any atom is -0.475 e. The van der Waals surface area contributed by atoms with Gasteiger partial charge in [-0.15, -0.1) is 0 Å². The topological polar surface area (TPSA) is 62.7 Å². The average Bonchev–Trinajstić information content (AvgIpc) is 3.55. The van der Waals surface area contributed by atoms with Crippen LogP contribution in [0.4, 0.5) is 0 Å². The Morgan fingerprint density at radius 2 is 1.86 bits per heavy atom. The smallest absolute Gasteiger partial charge is 0.220 e. The molecule has 0 bridgehead atoms. The van der Waals surface area contributed by atoms with Gasteiger partial charge in [-0.25, -0.2) is 0 Å². The quantitative estimate of drug-likeness (QED) is 0.718. The SMILES string of the molecule is Cc1nc(OCc2ccc(C#CC3CC3)cc2)cc(OCC2COCCO2)n1. The molecule has 1 unspecified atom stereocenters. The molecule has 4 rings (SSSR count). The lowest BCUT2D eigenvalue weighted by Gasteiger charge is -2.22. The van der Waals surface area contributed by atoms with Gasteiger partial charge in [0.05, 0.1) is 25.9 Å². The van der Waals surface area contributed by atoms with E-state index in [1.807, 2.05) is 31.2 Å². The van der Waals surface area contributed by atoms with E-state index in [-0.39, 0.29) is 6.10 Å². The van der Waals surface area contributed by atoms with Crippen LogP contribution in [0.5, 0.6) is 11.8 Å². The van der Waals surface area contributed by atoms with Crippen molar-refractivity contribution in [2.24, 2.45) is 5.92 Å². The van der Waals surface area contributed by atoms with Crippen LogP contribution in [-0.4, -0.2) is 42.5 Å². The van der Waals surface area contributed by atoms with Crippen LogP contribution in [0.3, 0.4) is 0 Å². The molecule has 0 amide bonds. The Morgan fingerprint density at radius 1 is 1.07 bits per heavy atom. The number of aromatic nitrogens is 2. The number of hydrogen-bond donors (Lipinski definition) is 0. The van der Waals surface area contributed by atoms with E-state index in [9.17, 15) is 0 Å². The van der Waals surface area contributed by atoms with Crippen LogP contribution in [0, 0.1) is 24.7 Å². The van der Waals surface area contributed by atoms with Crippen molar-refractivity contribution in [1.82, 2.24) is 9.97 Å². The van der Waals surface area contributed by atoms with Gasteiger partial charge in [0, 0.05) is 11.5 Å². The van der Waals surface area contributed by atoms with Crippen LogP contribution in [0.15, 0.2) is 30.3 Å². The molecular weight excluding hydrogens is 356 g/mol. The Morgan fingerprint density at radius 3 is 2.57 bits per heavy atom. The third-order valence-corrected chi connectivity index (χ3v) is 4.43. The lowest BCUT2D eigenvalue weighted by molar-refractivity contribution is -0.102. The molecule has 2 fully saturated rings. The van der Waals surface area contributed by atoms with Crippen LogP contribution < -0.4 is 9.47 Å². The molecule has 146 valence electrons. The second-order valence-corrected chi connectivity index (χ2v) is 7.00. The van der Waals surface area contributed by atoms with E-state index < -0.39 is 0 Å². The molecule has 1 saturated carbocycles. The van der Waals surface area contributed by atoms with Crippen molar-refractivity contribution in [3.05, 3.63) is 47.3 Å². The van der Waals surface area contributed by atoms with Gasteiger partial charge in [-0.3, -0.25) is 0 Å². The van der Waals surface area contributed by atoms with Gasteiger partial charge in [0.25, 0.3) is 0 Å². The maximum Gasteiger partial charge on any atom is 0.220 e. The van der Waals surface area contributed by atoms with E-state index in [0.717, 1.165) is 11.1 Å². The standard InChI is InChI=1S/C22H24N2O4/c1-16-23-21(12-22(24-16)28-15-20-14-25-10-11-26-20)27-13-19-8-6-18(7-9-19)5-4-17-2-3-17/h6-9,12,17,20H,2-3,10-11,13-15H2,1H3. The van der Waals surface area contributed by atoms with Gasteiger partial charge in [-0.1, -0.05) is 24.0 Å². The van der Waals surface area contributed by atoms with Gasteiger partial charge in [0.2, 0.25) is 11.8 Å². The highest BCUT2D eigenvalue weighted by Crippen LogP contribution is 2.27. The molecule has 0 radical (unpaired) electrons. The highest BCUT2D eigenvalue weighted by atomic mass is 16.6. The van der Waals surface area contributed by atoms with Crippen molar-refractivity contribution < 1.29 is 18.9 Å². The van der Waals surface area contributed by atoms with Crippen molar-refractivity contribution in [2.45, 2.75) is 32.5 Å². The average molecular weight is 380 g/mol. The molecule has 2 aromatic rings. The second-order valence-electron chi connectivity index (χ2n) is 7.00. The monoisotopic (exact) mass is 380 g/mol. The largest absolute Gasteiger partial charge is 0.475 e. The third-order valence-electron chi connectivity index (χ3n) is 4.43. The van der Waals surface area contributed by atoms with E-state index in [4.69, 9.17) is 18.9 Å². The summed E-state index contributed by atoms with van der Waals surface area (Å²) in [5.41, 5.74) is 2.10. The molecule has 6 heteroatoms. The minimum absolute atomic E-state index is 0.0741. The molecular formula is C22H24N2O4. The summed E-state index contributed by atoms with van der Waals surface area (Å²) in [7, 11) is 0. The first kappa shape index (κ1) is 18.7. The Kier molecular flexibility index (Phi) is 6.05. The number of rotatable bonds is 6. The van der Waals surface area contributed by atoms with Gasteiger partial charge >= 0.3 is 0 Å². The number of aryl methyl sites for hydroxylation is 1. The highest BCUT2D eigenvalue weighted by molar-refractivity contribution is 5.37. The maximum atomic E-state index is 5.83. The van der Waals surface area contributed by atoms with Crippen molar-refractivity contribution in [3.63, 3.8) is 0 Å². The normalized spacial score (nSPS) is 18.8. The summed E-state index contributed by atoms with van der Waals surface area (Å²) in [5.74, 6) is 8.65. The lowest BCUT2D eigenvalue weighted by atomic mass is 10.1. The van der Waals surface area contributed by atoms with Crippen molar-refractivity contribution in [3.8, 4) is 23.6 Å². The molecule has 1 aromatic carbocycles. The number of benzene rings is 1. The maximum absolute atomic E-state index is 5.83. The molecule has 1 aliphatic carbocycles. The van der Waals surface area contributed by atoms with Crippen LogP contribution in [0.25, 0.3) is 0 Å². The first-order valence-corrected chi connectivity index (χ1v) is 9.66. The summed E-state index contributed by atoms with van der Waals surface area (Å²) in [6.45, 7) is 4.39. The minimum atomic E-state index is -0.0741. The molecule has 1 atom stereocenters. The Labute approximate surface area is 165 Å². The zero-order chi connectivity index (χ0) is 19.2. The van der Waals surface area contributed by atoms with Gasteiger partial charge < -0.3 is 18.9 Å². The van der Waals surface area contributed by atoms with Crippen LogP contribution in [0.1, 0.15) is 29.8 Å². The van der Waals surface area contributed by atoms with Gasteiger partial charge in [-0.2, -0.15) is 9.97 Å². The van der Waals surface area contributed by atoms with Crippen molar-refractivity contribution >= 4 is 0 Å². The fourth-order valence-electron chi connectivity index (χ4n) is 2.73. The number of hydrogen-bond acceptors (Lipinski definition) is 6. The number of nitrogens with zero attached hydrogens (tertiary/aromatic N) is 2.